The van der Waals surface area contributed by atoms with Gasteiger partial charge in [0.25, 0.3) is 6.47 Å². The molecule has 2 nitrogen and oxygen atoms in total. The first-order valence-electron chi connectivity index (χ1n) is 8.58. The number of hydrogen-bond donors (Lipinski definition) is 0. The molecule has 0 heterocycles. The fraction of sp³-hybridized carbons (Fsp3) is 0.842. The van der Waals surface area contributed by atoms with Gasteiger partial charge in [-0.3, -0.25) is 4.79 Å². The van der Waals surface area contributed by atoms with Crippen LogP contribution in [-0.4, -0.2) is 12.6 Å². The second-order valence-electron chi connectivity index (χ2n) is 8.27. The molecular weight excluding hydrogens is 260 g/mol. The first-order valence-corrected chi connectivity index (χ1v) is 8.58. The van der Waals surface area contributed by atoms with Gasteiger partial charge in [-0.05, 0) is 68.1 Å². The Labute approximate surface area is 130 Å². The topological polar surface area (TPSA) is 26.3 Å². The Morgan fingerprint density at radius 2 is 2.10 bits per heavy atom. The van der Waals surface area contributed by atoms with Crippen molar-refractivity contribution in [1.29, 1.82) is 0 Å². The van der Waals surface area contributed by atoms with Crippen LogP contribution in [0.5, 0.6) is 0 Å². The van der Waals surface area contributed by atoms with E-state index < -0.39 is 0 Å². The third-order valence-corrected chi connectivity index (χ3v) is 6.47. The van der Waals surface area contributed by atoms with Crippen molar-refractivity contribution in [3.63, 3.8) is 0 Å². The Morgan fingerprint density at radius 1 is 1.38 bits per heavy atom. The average molecular weight is 292 g/mol. The van der Waals surface area contributed by atoms with Crippen LogP contribution in [0.1, 0.15) is 72.6 Å². The van der Waals surface area contributed by atoms with E-state index in [4.69, 9.17) is 4.74 Å². The first-order chi connectivity index (χ1) is 9.81. The number of carbonyl (C=O) groups is 1. The van der Waals surface area contributed by atoms with E-state index in [1.807, 2.05) is 6.92 Å². The number of allylic oxidation sites excluding steroid dienone is 1. The van der Waals surface area contributed by atoms with Gasteiger partial charge in [-0.1, -0.05) is 39.3 Å². The maximum Gasteiger partial charge on any atom is 0.293 e. The van der Waals surface area contributed by atoms with Gasteiger partial charge in [0, 0.05) is 0 Å². The number of carbonyl (C=O) groups excluding carboxylic acids is 1. The highest BCUT2D eigenvalue weighted by Crippen LogP contribution is 2.61. The summed E-state index contributed by atoms with van der Waals surface area (Å²) in [4.78, 5) is 10.5. The molecule has 2 fully saturated rings. The van der Waals surface area contributed by atoms with Crippen LogP contribution in [0.3, 0.4) is 0 Å². The largest absolute Gasteiger partial charge is 0.465 e. The van der Waals surface area contributed by atoms with Crippen LogP contribution in [0, 0.1) is 22.7 Å². The molecule has 21 heavy (non-hydrogen) atoms. The van der Waals surface area contributed by atoms with Gasteiger partial charge in [-0.2, -0.15) is 0 Å². The van der Waals surface area contributed by atoms with Gasteiger partial charge in [-0.25, -0.2) is 0 Å². The van der Waals surface area contributed by atoms with Crippen LogP contribution >= 0.6 is 0 Å². The lowest BCUT2D eigenvalue weighted by Gasteiger charge is -2.58. The minimum Gasteiger partial charge on any atom is -0.465 e. The van der Waals surface area contributed by atoms with Gasteiger partial charge in [0.15, 0.2) is 0 Å². The van der Waals surface area contributed by atoms with Crippen LogP contribution in [-0.2, 0) is 9.53 Å². The Kier molecular flexibility index (Phi) is 4.85. The maximum absolute atomic E-state index is 10.5. The molecule has 2 aliphatic rings. The summed E-state index contributed by atoms with van der Waals surface area (Å²) in [5, 5.41) is 0. The van der Waals surface area contributed by atoms with Crippen molar-refractivity contribution >= 4 is 6.47 Å². The van der Waals surface area contributed by atoms with E-state index in [2.05, 4.69) is 27.4 Å². The normalized spacial score (nSPS) is 36.7. The average Bonchev–Trinajstić information content (AvgIpc) is 2.37. The van der Waals surface area contributed by atoms with E-state index in [1.54, 1.807) is 0 Å². The van der Waals surface area contributed by atoms with Gasteiger partial charge in [0.1, 0.15) is 0 Å². The maximum atomic E-state index is 10.5. The summed E-state index contributed by atoms with van der Waals surface area (Å²) in [5.41, 5.74) is 2.28. The van der Waals surface area contributed by atoms with Gasteiger partial charge in [0.05, 0.1) is 6.10 Å². The van der Waals surface area contributed by atoms with Gasteiger partial charge < -0.3 is 4.74 Å². The Bertz CT molecular complexity index is 398. The molecular formula is C19H32O2. The highest BCUT2D eigenvalue weighted by atomic mass is 16.5. The SMILES string of the molecule is C=C1CC[C@H]2C(C)(C)CCC[C@]2(C)[C@H]1CC[C@H](C)OC=O. The second kappa shape index (κ2) is 6.14. The van der Waals surface area contributed by atoms with E-state index in [9.17, 15) is 4.79 Å². The summed E-state index contributed by atoms with van der Waals surface area (Å²) in [5.74, 6) is 1.39. The number of hydrogen-bond acceptors (Lipinski definition) is 2. The molecule has 4 atom stereocenters. The molecule has 0 aromatic heterocycles. The zero-order chi connectivity index (χ0) is 15.7. The van der Waals surface area contributed by atoms with Crippen LogP contribution in [0.15, 0.2) is 12.2 Å². The summed E-state index contributed by atoms with van der Waals surface area (Å²) in [6.07, 6.45) is 8.59. The Balaban J connectivity index is 2.13. The molecule has 0 bridgehead atoms. The molecule has 0 aromatic rings. The Hall–Kier alpha value is -0.790. The molecule has 0 aromatic carbocycles. The van der Waals surface area contributed by atoms with Crippen LogP contribution in [0.4, 0.5) is 0 Å². The fourth-order valence-electron chi connectivity index (χ4n) is 5.37. The lowest BCUT2D eigenvalue weighted by Crippen LogP contribution is -2.49. The molecule has 0 radical (unpaired) electrons. The van der Waals surface area contributed by atoms with Crippen LogP contribution in [0.25, 0.3) is 0 Å². The standard InChI is InChI=1S/C19H32O2/c1-14-7-10-17-18(3,4)11-6-12-19(17,5)16(14)9-8-15(2)21-13-20/h13,15-17H,1,6-12H2,2-5H3/t15-,16-,17-,19+/m0/s1. The molecule has 0 spiro atoms. The highest BCUT2D eigenvalue weighted by Gasteiger charge is 2.52. The first kappa shape index (κ1) is 16.6. The number of ether oxygens (including phenoxy) is 1. The van der Waals surface area contributed by atoms with Crippen molar-refractivity contribution in [3.05, 3.63) is 12.2 Å². The van der Waals surface area contributed by atoms with E-state index >= 15 is 0 Å². The fourth-order valence-corrected chi connectivity index (χ4v) is 5.37. The molecule has 0 saturated heterocycles. The van der Waals surface area contributed by atoms with Crippen molar-refractivity contribution in [2.24, 2.45) is 22.7 Å². The van der Waals surface area contributed by atoms with Gasteiger partial charge in [0.2, 0.25) is 0 Å². The molecule has 0 unspecified atom stereocenters. The van der Waals surface area contributed by atoms with Gasteiger partial charge >= 0.3 is 0 Å². The second-order valence-corrected chi connectivity index (χ2v) is 8.27. The molecule has 2 saturated carbocycles. The zero-order valence-electron chi connectivity index (χ0n) is 14.3. The third kappa shape index (κ3) is 3.19. The summed E-state index contributed by atoms with van der Waals surface area (Å²) in [7, 11) is 0. The quantitative estimate of drug-likeness (QED) is 0.519. The lowest BCUT2D eigenvalue weighted by molar-refractivity contribution is -0.133. The molecule has 2 heteroatoms. The van der Waals surface area contributed by atoms with Crippen molar-refractivity contribution in [1.82, 2.24) is 0 Å². The molecule has 0 aliphatic heterocycles. The van der Waals surface area contributed by atoms with E-state index in [0.29, 0.717) is 23.2 Å². The predicted octanol–water partition coefficient (Wildman–Crippen LogP) is 5.13. The van der Waals surface area contributed by atoms with Crippen molar-refractivity contribution < 1.29 is 9.53 Å². The van der Waals surface area contributed by atoms with Crippen LogP contribution < -0.4 is 0 Å². The summed E-state index contributed by atoms with van der Waals surface area (Å²) >= 11 is 0. The molecule has 0 N–H and O–H groups in total. The monoisotopic (exact) mass is 292 g/mol. The molecule has 0 amide bonds. The molecule has 120 valence electrons. The minimum atomic E-state index is 0.0240. The zero-order valence-corrected chi connectivity index (χ0v) is 14.3. The number of rotatable bonds is 5. The van der Waals surface area contributed by atoms with Crippen LogP contribution in [0.2, 0.25) is 0 Å². The van der Waals surface area contributed by atoms with Crippen molar-refractivity contribution in [3.8, 4) is 0 Å². The molecule has 2 rings (SSSR count). The van der Waals surface area contributed by atoms with Crippen molar-refractivity contribution in [2.75, 3.05) is 0 Å². The summed E-state index contributed by atoms with van der Waals surface area (Å²) < 4.78 is 5.07. The van der Waals surface area contributed by atoms with E-state index in [1.165, 1.54) is 37.7 Å². The number of fused-ring (bicyclic) bond motifs is 1. The van der Waals surface area contributed by atoms with Gasteiger partial charge in [-0.15, -0.1) is 0 Å². The van der Waals surface area contributed by atoms with Crippen molar-refractivity contribution in [2.45, 2.75) is 78.7 Å². The smallest absolute Gasteiger partial charge is 0.293 e. The lowest BCUT2D eigenvalue weighted by atomic mass is 9.47. The van der Waals surface area contributed by atoms with E-state index in [-0.39, 0.29) is 6.10 Å². The Morgan fingerprint density at radius 3 is 2.76 bits per heavy atom. The highest BCUT2D eigenvalue weighted by molar-refractivity contribution is 5.37. The third-order valence-electron chi connectivity index (χ3n) is 6.47. The molecule has 2 aliphatic carbocycles. The summed E-state index contributed by atoms with van der Waals surface area (Å²) in [6, 6.07) is 0. The van der Waals surface area contributed by atoms with E-state index in [0.717, 1.165) is 18.8 Å². The minimum absolute atomic E-state index is 0.0240. The summed E-state index contributed by atoms with van der Waals surface area (Å²) in [6.45, 7) is 14.4. The predicted molar refractivity (Wildman–Crippen MR) is 86.9 cm³/mol.